The minimum absolute atomic E-state index is 0.0448. The molecule has 0 aromatic carbocycles. The van der Waals surface area contributed by atoms with E-state index in [1.807, 2.05) is 5.38 Å². The van der Waals surface area contributed by atoms with E-state index in [1.54, 1.807) is 6.20 Å². The molecule has 5 nitrogen and oxygen atoms in total. The number of anilines is 2. The predicted octanol–water partition coefficient (Wildman–Crippen LogP) is 2.50. The van der Waals surface area contributed by atoms with Gasteiger partial charge in [-0.3, -0.25) is 0 Å². The molecule has 2 heterocycles. The quantitative estimate of drug-likeness (QED) is 0.584. The summed E-state index contributed by atoms with van der Waals surface area (Å²) in [6.07, 6.45) is -2.15. The van der Waals surface area contributed by atoms with E-state index in [-0.39, 0.29) is 11.6 Å². The van der Waals surface area contributed by atoms with Crippen molar-refractivity contribution in [3.8, 4) is 0 Å². The van der Waals surface area contributed by atoms with Crippen molar-refractivity contribution < 1.29 is 13.2 Å². The number of nitrogens with two attached hydrogens (primary N) is 1. The fourth-order valence-corrected chi connectivity index (χ4v) is 2.15. The fraction of sp³-hybridized carbons (Fsp3) is 0.273. The lowest BCUT2D eigenvalue weighted by Crippen LogP contribution is -2.14. The zero-order valence-corrected chi connectivity index (χ0v) is 11.1. The number of nitrogens with zero attached hydrogens (tertiary/aromatic N) is 2. The van der Waals surface area contributed by atoms with Crippen LogP contribution < -0.4 is 16.6 Å². The van der Waals surface area contributed by atoms with E-state index < -0.39 is 11.7 Å². The Labute approximate surface area is 117 Å². The molecule has 20 heavy (non-hydrogen) atoms. The van der Waals surface area contributed by atoms with Gasteiger partial charge >= 0.3 is 6.18 Å². The summed E-state index contributed by atoms with van der Waals surface area (Å²) in [5.74, 6) is 5.19. The SMILES string of the molecule is NNc1cc(C(F)(F)F)cc(NCCc2nccs2)n1. The largest absolute Gasteiger partial charge is 0.416 e. The van der Waals surface area contributed by atoms with Crippen LogP contribution in [0.1, 0.15) is 10.6 Å². The smallest absolute Gasteiger partial charge is 0.370 e. The molecule has 0 fully saturated rings. The Morgan fingerprint density at radius 2 is 2.00 bits per heavy atom. The predicted molar refractivity (Wildman–Crippen MR) is 71.4 cm³/mol. The Morgan fingerprint density at radius 1 is 1.25 bits per heavy atom. The number of thiazole rings is 1. The molecule has 0 aliphatic rings. The van der Waals surface area contributed by atoms with E-state index in [0.717, 1.165) is 17.1 Å². The zero-order chi connectivity index (χ0) is 14.6. The summed E-state index contributed by atoms with van der Waals surface area (Å²) in [5, 5.41) is 5.58. The standard InChI is InChI=1S/C11H12F3N5S/c12-11(13,14)7-5-8(18-9(6-7)19-15)16-2-1-10-17-3-4-20-10/h3-6H,1-2,15H2,(H2,16,18,19). The molecule has 0 amide bonds. The minimum atomic E-state index is -4.44. The van der Waals surface area contributed by atoms with Gasteiger partial charge in [-0.15, -0.1) is 11.3 Å². The van der Waals surface area contributed by atoms with Crippen LogP contribution in [0.5, 0.6) is 0 Å². The number of hydrogen-bond acceptors (Lipinski definition) is 6. The highest BCUT2D eigenvalue weighted by atomic mass is 32.1. The number of hydrogen-bond donors (Lipinski definition) is 3. The lowest BCUT2D eigenvalue weighted by Gasteiger charge is -2.12. The average Bonchev–Trinajstić information content (AvgIpc) is 2.90. The van der Waals surface area contributed by atoms with Crippen molar-refractivity contribution in [1.29, 1.82) is 0 Å². The molecule has 0 atom stereocenters. The number of hydrazine groups is 1. The monoisotopic (exact) mass is 303 g/mol. The minimum Gasteiger partial charge on any atom is -0.370 e. The topological polar surface area (TPSA) is 75.9 Å². The number of nitrogens with one attached hydrogen (secondary N) is 2. The number of rotatable bonds is 5. The highest BCUT2D eigenvalue weighted by molar-refractivity contribution is 7.09. The molecule has 2 aromatic rings. The highest BCUT2D eigenvalue weighted by Gasteiger charge is 2.31. The first-order chi connectivity index (χ1) is 9.49. The van der Waals surface area contributed by atoms with Gasteiger partial charge in [-0.2, -0.15) is 13.2 Å². The van der Waals surface area contributed by atoms with Crippen LogP contribution in [-0.2, 0) is 12.6 Å². The molecular weight excluding hydrogens is 291 g/mol. The van der Waals surface area contributed by atoms with Crippen LogP contribution in [0, 0.1) is 0 Å². The molecule has 0 saturated heterocycles. The molecule has 0 radical (unpaired) electrons. The summed E-state index contributed by atoms with van der Waals surface area (Å²) in [5.41, 5.74) is 1.31. The van der Waals surface area contributed by atoms with Crippen LogP contribution in [0.2, 0.25) is 0 Å². The summed E-state index contributed by atoms with van der Waals surface area (Å²) < 4.78 is 38.1. The zero-order valence-electron chi connectivity index (χ0n) is 10.2. The van der Waals surface area contributed by atoms with E-state index in [2.05, 4.69) is 20.7 Å². The third-order valence-electron chi connectivity index (χ3n) is 2.43. The van der Waals surface area contributed by atoms with Crippen LogP contribution in [0.3, 0.4) is 0 Å². The van der Waals surface area contributed by atoms with Gasteiger partial charge in [0.05, 0.1) is 10.6 Å². The molecule has 0 bridgehead atoms. The molecule has 0 unspecified atom stereocenters. The van der Waals surface area contributed by atoms with Gasteiger partial charge in [0, 0.05) is 24.5 Å². The molecule has 0 aliphatic heterocycles. The van der Waals surface area contributed by atoms with E-state index in [4.69, 9.17) is 5.84 Å². The van der Waals surface area contributed by atoms with Gasteiger partial charge in [0.2, 0.25) is 0 Å². The van der Waals surface area contributed by atoms with Gasteiger partial charge in [0.1, 0.15) is 11.6 Å². The second kappa shape index (κ2) is 6.06. The molecule has 0 aliphatic carbocycles. The van der Waals surface area contributed by atoms with Crippen molar-refractivity contribution in [1.82, 2.24) is 9.97 Å². The number of halogens is 3. The molecule has 4 N–H and O–H groups in total. The van der Waals surface area contributed by atoms with E-state index >= 15 is 0 Å². The van der Waals surface area contributed by atoms with Gasteiger partial charge in [-0.25, -0.2) is 15.8 Å². The number of aromatic nitrogens is 2. The average molecular weight is 303 g/mol. The molecule has 2 aromatic heterocycles. The van der Waals surface area contributed by atoms with Crippen LogP contribution in [0.15, 0.2) is 23.7 Å². The molecule has 0 spiro atoms. The molecule has 9 heteroatoms. The van der Waals surface area contributed by atoms with Gasteiger partial charge in [-0.05, 0) is 12.1 Å². The molecular formula is C11H12F3N5S. The van der Waals surface area contributed by atoms with Crippen molar-refractivity contribution in [2.75, 3.05) is 17.3 Å². The number of pyridine rings is 1. The van der Waals surface area contributed by atoms with Gasteiger partial charge in [0.15, 0.2) is 0 Å². The van der Waals surface area contributed by atoms with E-state index in [0.29, 0.717) is 13.0 Å². The summed E-state index contributed by atoms with van der Waals surface area (Å²) in [4.78, 5) is 8.00. The maximum absolute atomic E-state index is 12.7. The van der Waals surface area contributed by atoms with E-state index in [1.165, 1.54) is 11.3 Å². The highest BCUT2D eigenvalue weighted by Crippen LogP contribution is 2.31. The molecule has 2 rings (SSSR count). The lowest BCUT2D eigenvalue weighted by atomic mass is 10.2. The molecule has 0 saturated carbocycles. The van der Waals surface area contributed by atoms with Crippen LogP contribution in [0.25, 0.3) is 0 Å². The first-order valence-corrected chi connectivity index (χ1v) is 6.55. The maximum Gasteiger partial charge on any atom is 0.416 e. The normalized spacial score (nSPS) is 11.4. The fourth-order valence-electron chi connectivity index (χ4n) is 1.53. The number of nitrogen functional groups attached to an aromatic ring is 1. The van der Waals surface area contributed by atoms with Crippen molar-refractivity contribution in [2.45, 2.75) is 12.6 Å². The van der Waals surface area contributed by atoms with Gasteiger partial charge in [-0.1, -0.05) is 0 Å². The summed E-state index contributed by atoms with van der Waals surface area (Å²) in [7, 11) is 0. The van der Waals surface area contributed by atoms with Crippen LogP contribution in [-0.4, -0.2) is 16.5 Å². The summed E-state index contributed by atoms with van der Waals surface area (Å²) in [6.45, 7) is 0.436. The summed E-state index contributed by atoms with van der Waals surface area (Å²) >= 11 is 1.49. The second-order valence-corrected chi connectivity index (χ2v) is 4.85. The third kappa shape index (κ3) is 3.81. The van der Waals surface area contributed by atoms with Crippen molar-refractivity contribution in [3.05, 3.63) is 34.3 Å². The maximum atomic E-state index is 12.7. The Morgan fingerprint density at radius 3 is 2.60 bits per heavy atom. The van der Waals surface area contributed by atoms with Gasteiger partial charge < -0.3 is 10.7 Å². The first kappa shape index (κ1) is 14.5. The Balaban J connectivity index is 2.06. The van der Waals surface area contributed by atoms with Crippen molar-refractivity contribution in [2.24, 2.45) is 5.84 Å². The lowest BCUT2D eigenvalue weighted by molar-refractivity contribution is -0.137. The number of alkyl halides is 3. The Bertz CT molecular complexity index is 556. The van der Waals surface area contributed by atoms with Crippen LogP contribution in [0.4, 0.5) is 24.8 Å². The Hall–Kier alpha value is -1.87. The van der Waals surface area contributed by atoms with Gasteiger partial charge in [0.25, 0.3) is 0 Å². The van der Waals surface area contributed by atoms with E-state index in [9.17, 15) is 13.2 Å². The molecule has 108 valence electrons. The van der Waals surface area contributed by atoms with Crippen LogP contribution >= 0.6 is 11.3 Å². The summed E-state index contributed by atoms with van der Waals surface area (Å²) in [6, 6.07) is 1.80. The third-order valence-corrected chi connectivity index (χ3v) is 3.27. The first-order valence-electron chi connectivity index (χ1n) is 5.67. The van der Waals surface area contributed by atoms with Crippen molar-refractivity contribution in [3.63, 3.8) is 0 Å². The Kier molecular flexibility index (Phi) is 4.40. The van der Waals surface area contributed by atoms with Crippen molar-refractivity contribution >= 4 is 23.0 Å². The second-order valence-electron chi connectivity index (χ2n) is 3.87.